The summed E-state index contributed by atoms with van der Waals surface area (Å²) in [6.07, 6.45) is 2.34. The minimum atomic E-state index is -1.12. The third-order valence-electron chi connectivity index (χ3n) is 4.04. The molecule has 20 heavy (non-hydrogen) atoms. The average molecular weight is 278 g/mol. The van der Waals surface area contributed by atoms with E-state index in [-0.39, 0.29) is 28.9 Å². The van der Waals surface area contributed by atoms with Crippen LogP contribution in [-0.2, 0) is 4.79 Å². The molecule has 0 heterocycles. The molecule has 0 spiro atoms. The number of nitrogens with one attached hydrogen (secondary N) is 1. The van der Waals surface area contributed by atoms with E-state index in [9.17, 15) is 14.7 Å². The summed E-state index contributed by atoms with van der Waals surface area (Å²) in [6, 6.07) is 3.53. The molecule has 1 aliphatic rings. The number of hydrogen-bond donors (Lipinski definition) is 4. The molecule has 1 saturated carbocycles. The van der Waals surface area contributed by atoms with Crippen molar-refractivity contribution in [2.45, 2.75) is 32.2 Å². The lowest BCUT2D eigenvalue weighted by Crippen LogP contribution is -2.44. The summed E-state index contributed by atoms with van der Waals surface area (Å²) in [4.78, 5) is 23.2. The van der Waals surface area contributed by atoms with Gasteiger partial charge in [-0.1, -0.05) is 6.42 Å². The van der Waals surface area contributed by atoms with Gasteiger partial charge in [0.05, 0.1) is 16.7 Å². The number of rotatable bonds is 3. The number of aromatic hydroxyl groups is 1. The Hall–Kier alpha value is -2.08. The summed E-state index contributed by atoms with van der Waals surface area (Å²) < 4.78 is 0. The molecule has 1 aromatic rings. The number of hydrogen-bond acceptors (Lipinski definition) is 4. The van der Waals surface area contributed by atoms with Crippen molar-refractivity contribution in [2.75, 3.05) is 5.32 Å². The topological polar surface area (TPSA) is 113 Å². The van der Waals surface area contributed by atoms with Crippen molar-refractivity contribution < 1.29 is 19.8 Å². The van der Waals surface area contributed by atoms with E-state index in [1.807, 2.05) is 0 Å². The fraction of sp³-hybridized carbons (Fsp3) is 0.429. The first-order chi connectivity index (χ1) is 9.34. The maximum atomic E-state index is 12.3. The third-order valence-corrected chi connectivity index (χ3v) is 4.04. The molecular formula is C14H18N2O4. The molecule has 1 fully saturated rings. The Morgan fingerprint density at radius 2 is 2.15 bits per heavy atom. The minimum Gasteiger partial charge on any atom is -0.506 e. The van der Waals surface area contributed by atoms with Crippen LogP contribution in [0.4, 0.5) is 5.69 Å². The van der Waals surface area contributed by atoms with E-state index in [2.05, 4.69) is 5.32 Å². The van der Waals surface area contributed by atoms with Crippen LogP contribution >= 0.6 is 0 Å². The van der Waals surface area contributed by atoms with E-state index in [0.717, 1.165) is 12.8 Å². The standard InChI is InChI=1S/C14H18N2O4/c1-14(6-2-3-11(14)15)13(20)16-9-7-8(12(18)19)4-5-10(9)17/h4-5,7,11,17H,2-3,6,15H2,1H3,(H,16,20)(H,18,19). The molecule has 1 aromatic carbocycles. The zero-order chi connectivity index (χ0) is 14.9. The second-order valence-corrected chi connectivity index (χ2v) is 5.41. The molecule has 5 N–H and O–H groups in total. The van der Waals surface area contributed by atoms with Crippen molar-refractivity contribution in [1.82, 2.24) is 0 Å². The highest BCUT2D eigenvalue weighted by Crippen LogP contribution is 2.38. The molecule has 0 radical (unpaired) electrons. The predicted molar refractivity (Wildman–Crippen MR) is 73.6 cm³/mol. The first-order valence-electron chi connectivity index (χ1n) is 6.48. The van der Waals surface area contributed by atoms with Crippen LogP contribution in [0.25, 0.3) is 0 Å². The maximum Gasteiger partial charge on any atom is 0.335 e. The van der Waals surface area contributed by atoms with E-state index >= 15 is 0 Å². The number of aromatic carboxylic acids is 1. The normalized spacial score (nSPS) is 25.4. The van der Waals surface area contributed by atoms with Crippen molar-refractivity contribution >= 4 is 17.6 Å². The molecule has 0 bridgehead atoms. The van der Waals surface area contributed by atoms with Crippen LogP contribution in [0, 0.1) is 5.41 Å². The smallest absolute Gasteiger partial charge is 0.335 e. The van der Waals surface area contributed by atoms with Gasteiger partial charge in [0.1, 0.15) is 5.75 Å². The van der Waals surface area contributed by atoms with E-state index in [1.165, 1.54) is 18.2 Å². The second kappa shape index (κ2) is 5.13. The van der Waals surface area contributed by atoms with Gasteiger partial charge >= 0.3 is 5.97 Å². The highest BCUT2D eigenvalue weighted by Gasteiger charge is 2.43. The summed E-state index contributed by atoms with van der Waals surface area (Å²) >= 11 is 0. The largest absolute Gasteiger partial charge is 0.506 e. The van der Waals surface area contributed by atoms with Crippen LogP contribution in [0.2, 0.25) is 0 Å². The van der Waals surface area contributed by atoms with Gasteiger partial charge in [-0.25, -0.2) is 4.79 Å². The van der Waals surface area contributed by atoms with E-state index in [1.54, 1.807) is 6.92 Å². The number of nitrogens with two attached hydrogens (primary N) is 1. The zero-order valence-corrected chi connectivity index (χ0v) is 11.2. The average Bonchev–Trinajstić information content (AvgIpc) is 2.73. The molecular weight excluding hydrogens is 260 g/mol. The summed E-state index contributed by atoms with van der Waals surface area (Å²) in [6.45, 7) is 1.79. The highest BCUT2D eigenvalue weighted by molar-refractivity contribution is 5.98. The van der Waals surface area contributed by atoms with Gasteiger partial charge in [-0.3, -0.25) is 4.79 Å². The van der Waals surface area contributed by atoms with Gasteiger partial charge in [-0.05, 0) is 38.0 Å². The number of anilines is 1. The van der Waals surface area contributed by atoms with Crippen LogP contribution in [-0.4, -0.2) is 28.1 Å². The van der Waals surface area contributed by atoms with E-state index in [4.69, 9.17) is 10.8 Å². The third kappa shape index (κ3) is 2.46. The Labute approximate surface area is 116 Å². The molecule has 6 heteroatoms. The Morgan fingerprint density at radius 1 is 1.45 bits per heavy atom. The fourth-order valence-corrected chi connectivity index (χ4v) is 2.51. The van der Waals surface area contributed by atoms with Gasteiger partial charge in [0.2, 0.25) is 5.91 Å². The van der Waals surface area contributed by atoms with Crippen molar-refractivity contribution in [2.24, 2.45) is 11.1 Å². The number of phenols is 1. The molecule has 6 nitrogen and oxygen atoms in total. The number of benzene rings is 1. The van der Waals surface area contributed by atoms with Crippen molar-refractivity contribution in [3.05, 3.63) is 23.8 Å². The predicted octanol–water partition coefficient (Wildman–Crippen LogP) is 1.55. The van der Waals surface area contributed by atoms with Crippen molar-refractivity contribution in [3.8, 4) is 5.75 Å². The van der Waals surface area contributed by atoms with Gasteiger partial charge in [0.25, 0.3) is 0 Å². The zero-order valence-electron chi connectivity index (χ0n) is 11.2. The summed E-state index contributed by atoms with van der Waals surface area (Å²) in [5.74, 6) is -1.58. The molecule has 0 saturated heterocycles. The van der Waals surface area contributed by atoms with E-state index < -0.39 is 11.4 Å². The molecule has 108 valence electrons. The van der Waals surface area contributed by atoms with Gasteiger partial charge in [0, 0.05) is 6.04 Å². The van der Waals surface area contributed by atoms with Crippen LogP contribution in [0.5, 0.6) is 5.75 Å². The first kappa shape index (κ1) is 14.3. The number of carboxylic acids is 1. The Balaban J connectivity index is 2.23. The van der Waals surface area contributed by atoms with Crippen molar-refractivity contribution in [3.63, 3.8) is 0 Å². The maximum absolute atomic E-state index is 12.3. The second-order valence-electron chi connectivity index (χ2n) is 5.41. The number of carbonyl (C=O) groups is 2. The van der Waals surface area contributed by atoms with Crippen LogP contribution in [0.1, 0.15) is 36.5 Å². The lowest BCUT2D eigenvalue weighted by Gasteiger charge is -2.27. The summed E-state index contributed by atoms with van der Waals surface area (Å²) in [5, 5.41) is 21.2. The summed E-state index contributed by atoms with van der Waals surface area (Å²) in [7, 11) is 0. The van der Waals surface area contributed by atoms with Crippen molar-refractivity contribution in [1.29, 1.82) is 0 Å². The highest BCUT2D eigenvalue weighted by atomic mass is 16.4. The van der Waals surface area contributed by atoms with Crippen LogP contribution < -0.4 is 11.1 Å². The molecule has 0 aromatic heterocycles. The molecule has 2 unspecified atom stereocenters. The van der Waals surface area contributed by atoms with Crippen LogP contribution in [0.3, 0.4) is 0 Å². The van der Waals surface area contributed by atoms with Gasteiger partial charge in [-0.2, -0.15) is 0 Å². The number of amides is 1. The first-order valence-corrected chi connectivity index (χ1v) is 6.48. The van der Waals surface area contributed by atoms with Crippen LogP contribution in [0.15, 0.2) is 18.2 Å². The lowest BCUT2D eigenvalue weighted by atomic mass is 9.84. The number of carbonyl (C=O) groups excluding carboxylic acids is 1. The lowest BCUT2D eigenvalue weighted by molar-refractivity contribution is -0.125. The minimum absolute atomic E-state index is 0.000950. The fourth-order valence-electron chi connectivity index (χ4n) is 2.51. The number of phenolic OH excluding ortho intramolecular Hbond substituents is 1. The van der Waals surface area contributed by atoms with Gasteiger partial charge in [-0.15, -0.1) is 0 Å². The van der Waals surface area contributed by atoms with E-state index in [0.29, 0.717) is 6.42 Å². The molecule has 1 aliphatic carbocycles. The van der Waals surface area contributed by atoms with Gasteiger partial charge in [0.15, 0.2) is 0 Å². The number of carboxylic acid groups (broad SMARTS) is 1. The Kier molecular flexibility index (Phi) is 3.67. The molecule has 2 atom stereocenters. The Morgan fingerprint density at radius 3 is 2.70 bits per heavy atom. The monoisotopic (exact) mass is 278 g/mol. The summed E-state index contributed by atoms with van der Waals surface area (Å²) in [5.41, 5.74) is 5.37. The quantitative estimate of drug-likeness (QED) is 0.626. The molecule has 2 rings (SSSR count). The Bertz CT molecular complexity index is 558. The SMILES string of the molecule is CC1(C(=O)Nc2cc(C(=O)O)ccc2O)CCCC1N. The molecule has 0 aliphatic heterocycles. The molecule has 1 amide bonds. The van der Waals surface area contributed by atoms with Gasteiger partial charge < -0.3 is 21.3 Å².